The minimum Gasteiger partial charge on any atom is -0.327 e. The first-order chi connectivity index (χ1) is 7.74. The molecule has 0 bridgehead atoms. The number of aryl methyl sites for hydroxylation is 1. The van der Waals surface area contributed by atoms with E-state index in [-0.39, 0.29) is 0 Å². The Morgan fingerprint density at radius 1 is 1.44 bits per heavy atom. The molecule has 2 rings (SSSR count). The maximum absolute atomic E-state index is 5.98. The van der Waals surface area contributed by atoms with Gasteiger partial charge in [-0.2, -0.15) is 0 Å². The number of nitrogens with two attached hydrogens (primary N) is 1. The summed E-state index contributed by atoms with van der Waals surface area (Å²) < 4.78 is 0. The van der Waals surface area contributed by atoms with Crippen LogP contribution < -0.4 is 5.73 Å². The Morgan fingerprint density at radius 3 is 3.06 bits per heavy atom. The zero-order chi connectivity index (χ0) is 11.4. The van der Waals surface area contributed by atoms with Crippen LogP contribution in [0.1, 0.15) is 24.0 Å². The van der Waals surface area contributed by atoms with Crippen molar-refractivity contribution in [1.82, 2.24) is 4.90 Å². The van der Waals surface area contributed by atoms with Crippen molar-refractivity contribution in [2.45, 2.75) is 32.2 Å². The van der Waals surface area contributed by atoms with Crippen LogP contribution >= 0.6 is 0 Å². The molecule has 88 valence electrons. The molecule has 0 aromatic heterocycles. The molecule has 0 saturated carbocycles. The number of rotatable bonds is 3. The maximum Gasteiger partial charge on any atom is 0.0168 e. The Kier molecular flexibility index (Phi) is 3.97. The fourth-order valence-corrected chi connectivity index (χ4v) is 2.45. The second-order valence-corrected chi connectivity index (χ2v) is 4.94. The van der Waals surface area contributed by atoms with Crippen molar-refractivity contribution >= 4 is 0 Å². The van der Waals surface area contributed by atoms with Gasteiger partial charge >= 0.3 is 0 Å². The third kappa shape index (κ3) is 3.32. The number of piperidine rings is 1. The molecule has 2 heteroatoms. The molecule has 1 atom stereocenters. The molecule has 16 heavy (non-hydrogen) atoms. The average molecular weight is 218 g/mol. The maximum atomic E-state index is 5.98. The number of benzene rings is 1. The lowest BCUT2D eigenvalue weighted by Gasteiger charge is -2.30. The molecule has 1 heterocycles. The molecule has 1 saturated heterocycles. The largest absolute Gasteiger partial charge is 0.327 e. The number of hydrogen-bond acceptors (Lipinski definition) is 2. The summed E-state index contributed by atoms with van der Waals surface area (Å²) in [7, 11) is 0. The van der Waals surface area contributed by atoms with Crippen LogP contribution in [0.4, 0.5) is 0 Å². The van der Waals surface area contributed by atoms with Gasteiger partial charge in [0.25, 0.3) is 0 Å². The van der Waals surface area contributed by atoms with E-state index in [1.54, 1.807) is 0 Å². The Balaban J connectivity index is 1.82. The molecule has 0 radical (unpaired) electrons. The van der Waals surface area contributed by atoms with Gasteiger partial charge in [0.1, 0.15) is 0 Å². The lowest BCUT2D eigenvalue weighted by Crippen LogP contribution is -2.43. The van der Waals surface area contributed by atoms with Gasteiger partial charge in [-0.15, -0.1) is 0 Å². The van der Waals surface area contributed by atoms with Gasteiger partial charge in [-0.25, -0.2) is 0 Å². The highest BCUT2D eigenvalue weighted by Crippen LogP contribution is 2.10. The van der Waals surface area contributed by atoms with Crippen LogP contribution in [0.2, 0.25) is 0 Å². The molecule has 1 fully saturated rings. The first kappa shape index (κ1) is 11.6. The molecule has 2 N–H and O–H groups in total. The summed E-state index contributed by atoms with van der Waals surface area (Å²) in [6.45, 7) is 5.60. The van der Waals surface area contributed by atoms with Crippen LogP contribution in [0.25, 0.3) is 0 Å². The molecular formula is C14H22N2. The lowest BCUT2D eigenvalue weighted by molar-refractivity contribution is 0.211. The molecule has 1 aliphatic rings. The predicted octanol–water partition coefficient (Wildman–Crippen LogP) is 1.96. The summed E-state index contributed by atoms with van der Waals surface area (Å²) in [5.41, 5.74) is 8.77. The SMILES string of the molecule is Cc1cccc(CCN2CCCC(N)C2)c1. The smallest absolute Gasteiger partial charge is 0.0168 e. The fourth-order valence-electron chi connectivity index (χ4n) is 2.45. The Morgan fingerprint density at radius 2 is 2.31 bits per heavy atom. The summed E-state index contributed by atoms with van der Waals surface area (Å²) in [6.07, 6.45) is 3.60. The van der Waals surface area contributed by atoms with E-state index < -0.39 is 0 Å². The van der Waals surface area contributed by atoms with E-state index in [2.05, 4.69) is 36.1 Å². The van der Waals surface area contributed by atoms with Crippen molar-refractivity contribution in [2.75, 3.05) is 19.6 Å². The molecule has 0 spiro atoms. The molecule has 2 nitrogen and oxygen atoms in total. The highest BCUT2D eigenvalue weighted by molar-refractivity contribution is 5.22. The molecule has 0 aliphatic carbocycles. The van der Waals surface area contributed by atoms with E-state index in [1.807, 2.05) is 0 Å². The van der Waals surface area contributed by atoms with Crippen LogP contribution in [0.5, 0.6) is 0 Å². The van der Waals surface area contributed by atoms with Crippen LogP contribution in [-0.2, 0) is 6.42 Å². The summed E-state index contributed by atoms with van der Waals surface area (Å²) in [6, 6.07) is 9.19. The molecule has 0 amide bonds. The summed E-state index contributed by atoms with van der Waals surface area (Å²) >= 11 is 0. The summed E-state index contributed by atoms with van der Waals surface area (Å²) in [5, 5.41) is 0. The minimum absolute atomic E-state index is 0.395. The number of likely N-dealkylation sites (tertiary alicyclic amines) is 1. The molecule has 1 aromatic carbocycles. The van der Waals surface area contributed by atoms with Gasteiger partial charge < -0.3 is 10.6 Å². The van der Waals surface area contributed by atoms with E-state index in [0.717, 1.165) is 19.5 Å². The van der Waals surface area contributed by atoms with Crippen molar-refractivity contribution < 1.29 is 0 Å². The quantitative estimate of drug-likeness (QED) is 0.840. The highest BCUT2D eigenvalue weighted by Gasteiger charge is 2.15. The zero-order valence-electron chi connectivity index (χ0n) is 10.2. The zero-order valence-corrected chi connectivity index (χ0v) is 10.2. The van der Waals surface area contributed by atoms with Crippen molar-refractivity contribution in [2.24, 2.45) is 5.73 Å². The van der Waals surface area contributed by atoms with E-state index in [0.29, 0.717) is 6.04 Å². The van der Waals surface area contributed by atoms with E-state index in [9.17, 15) is 0 Å². The number of nitrogens with zero attached hydrogens (tertiary/aromatic N) is 1. The topological polar surface area (TPSA) is 29.3 Å². The molecule has 1 unspecified atom stereocenters. The Labute approximate surface area is 98.4 Å². The standard InChI is InChI=1S/C14H22N2/c1-12-4-2-5-13(10-12)7-9-16-8-3-6-14(15)11-16/h2,4-5,10,14H,3,6-9,11,15H2,1H3. The predicted molar refractivity (Wildman–Crippen MR) is 68.5 cm³/mol. The lowest BCUT2D eigenvalue weighted by atomic mass is 10.0. The summed E-state index contributed by atoms with van der Waals surface area (Å²) in [5.74, 6) is 0. The van der Waals surface area contributed by atoms with Gasteiger partial charge in [0.05, 0.1) is 0 Å². The summed E-state index contributed by atoms with van der Waals surface area (Å²) in [4.78, 5) is 2.50. The van der Waals surface area contributed by atoms with E-state index in [1.165, 1.54) is 30.5 Å². The second kappa shape index (κ2) is 5.46. The first-order valence-electron chi connectivity index (χ1n) is 6.27. The number of hydrogen-bond donors (Lipinski definition) is 1. The van der Waals surface area contributed by atoms with Crippen LogP contribution in [0.3, 0.4) is 0 Å². The second-order valence-electron chi connectivity index (χ2n) is 4.94. The Bertz CT molecular complexity index is 335. The molecule has 1 aliphatic heterocycles. The Hall–Kier alpha value is -0.860. The van der Waals surface area contributed by atoms with Crippen molar-refractivity contribution in [1.29, 1.82) is 0 Å². The minimum atomic E-state index is 0.395. The van der Waals surface area contributed by atoms with Crippen molar-refractivity contribution in [3.8, 4) is 0 Å². The molecular weight excluding hydrogens is 196 g/mol. The van der Waals surface area contributed by atoms with Gasteiger partial charge in [-0.1, -0.05) is 29.8 Å². The van der Waals surface area contributed by atoms with Gasteiger partial charge in [0.15, 0.2) is 0 Å². The monoisotopic (exact) mass is 218 g/mol. The van der Waals surface area contributed by atoms with Gasteiger partial charge in [-0.3, -0.25) is 0 Å². The van der Waals surface area contributed by atoms with Gasteiger partial charge in [-0.05, 0) is 38.3 Å². The van der Waals surface area contributed by atoms with Crippen LogP contribution in [0, 0.1) is 6.92 Å². The van der Waals surface area contributed by atoms with Crippen LogP contribution in [0.15, 0.2) is 24.3 Å². The molecule has 1 aromatic rings. The van der Waals surface area contributed by atoms with Gasteiger partial charge in [0, 0.05) is 19.1 Å². The third-order valence-electron chi connectivity index (χ3n) is 3.34. The first-order valence-corrected chi connectivity index (χ1v) is 6.27. The highest BCUT2D eigenvalue weighted by atomic mass is 15.1. The fraction of sp³-hybridized carbons (Fsp3) is 0.571. The van der Waals surface area contributed by atoms with Crippen LogP contribution in [-0.4, -0.2) is 30.6 Å². The average Bonchev–Trinajstić information content (AvgIpc) is 2.27. The van der Waals surface area contributed by atoms with Crippen molar-refractivity contribution in [3.63, 3.8) is 0 Å². The van der Waals surface area contributed by atoms with Crippen molar-refractivity contribution in [3.05, 3.63) is 35.4 Å². The normalized spacial score (nSPS) is 22.2. The van der Waals surface area contributed by atoms with E-state index >= 15 is 0 Å². The van der Waals surface area contributed by atoms with Gasteiger partial charge in [0.2, 0.25) is 0 Å². The third-order valence-corrected chi connectivity index (χ3v) is 3.34. The van der Waals surface area contributed by atoms with E-state index in [4.69, 9.17) is 5.73 Å².